The van der Waals surface area contributed by atoms with Gasteiger partial charge in [0.25, 0.3) is 0 Å². The third-order valence-electron chi connectivity index (χ3n) is 4.37. The fraction of sp³-hybridized carbons (Fsp3) is 0.167. The van der Waals surface area contributed by atoms with E-state index in [-0.39, 0.29) is 18.2 Å². The zero-order chi connectivity index (χ0) is 17.6. The van der Waals surface area contributed by atoms with Crippen LogP contribution in [0.5, 0.6) is 0 Å². The van der Waals surface area contributed by atoms with Crippen LogP contribution in [-0.4, -0.2) is 21.4 Å². The Hall–Kier alpha value is -2.86. The van der Waals surface area contributed by atoms with Crippen LogP contribution in [0.3, 0.4) is 0 Å². The second-order valence-corrected chi connectivity index (χ2v) is 6.37. The number of carbonyl (C=O) groups is 2. The predicted octanol–water partition coefficient (Wildman–Crippen LogP) is 3.52. The van der Waals surface area contributed by atoms with Crippen molar-refractivity contribution in [3.8, 4) is 0 Å². The Labute approximate surface area is 148 Å². The molecule has 1 aromatic heterocycles. The maximum absolute atomic E-state index is 12.5. The number of nitrogens with zero attached hydrogens (tertiary/aromatic N) is 2. The number of rotatable bonds is 3. The minimum Gasteiger partial charge on any atom is -0.326 e. The number of halogens is 1. The minimum atomic E-state index is -0.623. The van der Waals surface area contributed by atoms with Gasteiger partial charge in [0.1, 0.15) is 6.04 Å². The summed E-state index contributed by atoms with van der Waals surface area (Å²) >= 11 is 6.08. The molecule has 2 aromatic carbocycles. The molecule has 0 spiro atoms. The van der Waals surface area contributed by atoms with Crippen molar-refractivity contribution in [1.82, 2.24) is 9.55 Å². The normalized spacial score (nSPS) is 15.9. The summed E-state index contributed by atoms with van der Waals surface area (Å²) in [5, 5.41) is 6.15. The molecule has 0 unspecified atom stereocenters. The number of nitrogens with one attached hydrogen (secondary N) is 2. The summed E-state index contributed by atoms with van der Waals surface area (Å²) in [7, 11) is 0. The number of fused-ring (bicyclic) bond motifs is 3. The SMILES string of the molecule is Cc1c(Cl)cccc1NC(=O)C[C@H]1C(=O)Nc2nc3ccccc3n21. The fourth-order valence-electron chi connectivity index (χ4n) is 3.06. The average molecular weight is 355 g/mol. The Morgan fingerprint density at radius 1 is 1.28 bits per heavy atom. The van der Waals surface area contributed by atoms with Gasteiger partial charge in [-0.3, -0.25) is 19.5 Å². The maximum atomic E-state index is 12.5. The number of aromatic nitrogens is 2. The summed E-state index contributed by atoms with van der Waals surface area (Å²) in [5.41, 5.74) is 3.05. The zero-order valence-corrected chi connectivity index (χ0v) is 14.2. The van der Waals surface area contributed by atoms with Gasteiger partial charge in [0.05, 0.1) is 17.5 Å². The van der Waals surface area contributed by atoms with E-state index in [9.17, 15) is 9.59 Å². The first kappa shape index (κ1) is 15.7. The fourth-order valence-corrected chi connectivity index (χ4v) is 3.24. The molecule has 0 bridgehead atoms. The standard InChI is InChI=1S/C18H15ClN4O2/c1-10-11(19)5-4-7-12(10)20-16(24)9-15-17(25)22-18-21-13-6-2-3-8-14(13)23(15)18/h2-8,15H,9H2,1H3,(H,20,24)(H,21,22,25)/t15-/m0/s1. The molecule has 25 heavy (non-hydrogen) atoms. The van der Waals surface area contributed by atoms with Crippen LogP contribution >= 0.6 is 11.6 Å². The molecular weight excluding hydrogens is 340 g/mol. The summed E-state index contributed by atoms with van der Waals surface area (Å²) in [6.45, 7) is 1.84. The Kier molecular flexibility index (Phi) is 3.69. The Morgan fingerprint density at radius 3 is 2.92 bits per heavy atom. The van der Waals surface area contributed by atoms with Gasteiger partial charge in [-0.05, 0) is 36.8 Å². The molecule has 3 aromatic rings. The molecule has 0 aliphatic carbocycles. The number of hydrogen-bond donors (Lipinski definition) is 2. The van der Waals surface area contributed by atoms with Crippen LogP contribution < -0.4 is 10.6 Å². The number of carbonyl (C=O) groups excluding carboxylic acids is 2. The lowest BCUT2D eigenvalue weighted by molar-refractivity contribution is -0.123. The van der Waals surface area contributed by atoms with E-state index in [4.69, 9.17) is 11.6 Å². The number of para-hydroxylation sites is 2. The quantitative estimate of drug-likeness (QED) is 0.755. The minimum absolute atomic E-state index is 0.0190. The molecule has 2 N–H and O–H groups in total. The van der Waals surface area contributed by atoms with Crippen molar-refractivity contribution in [2.24, 2.45) is 0 Å². The number of benzene rings is 2. The van der Waals surface area contributed by atoms with Gasteiger partial charge in [0.2, 0.25) is 17.8 Å². The smallest absolute Gasteiger partial charge is 0.250 e. The van der Waals surface area contributed by atoms with E-state index in [2.05, 4.69) is 15.6 Å². The van der Waals surface area contributed by atoms with Crippen LogP contribution in [0.25, 0.3) is 11.0 Å². The number of anilines is 2. The van der Waals surface area contributed by atoms with E-state index in [1.54, 1.807) is 22.8 Å². The average Bonchev–Trinajstić information content (AvgIpc) is 3.08. The molecule has 1 aliphatic rings. The van der Waals surface area contributed by atoms with E-state index >= 15 is 0 Å². The summed E-state index contributed by atoms with van der Waals surface area (Å²) < 4.78 is 1.78. The van der Waals surface area contributed by atoms with E-state index in [1.165, 1.54) is 0 Å². The molecule has 2 heterocycles. The lowest BCUT2D eigenvalue weighted by Crippen LogP contribution is -2.23. The summed E-state index contributed by atoms with van der Waals surface area (Å²) in [6.07, 6.45) is 0.0190. The molecule has 0 saturated carbocycles. The first-order valence-electron chi connectivity index (χ1n) is 7.87. The lowest BCUT2D eigenvalue weighted by atomic mass is 10.1. The highest BCUT2D eigenvalue weighted by Crippen LogP contribution is 2.32. The predicted molar refractivity (Wildman–Crippen MR) is 96.8 cm³/mol. The largest absolute Gasteiger partial charge is 0.326 e. The van der Waals surface area contributed by atoms with Crippen molar-refractivity contribution in [3.05, 3.63) is 53.1 Å². The number of amides is 2. The summed E-state index contributed by atoms with van der Waals surface area (Å²) in [4.78, 5) is 29.1. The van der Waals surface area contributed by atoms with Crippen LogP contribution in [-0.2, 0) is 9.59 Å². The van der Waals surface area contributed by atoms with Gasteiger partial charge in [-0.25, -0.2) is 4.98 Å². The van der Waals surface area contributed by atoms with Gasteiger partial charge in [0.15, 0.2) is 0 Å². The van der Waals surface area contributed by atoms with Crippen molar-refractivity contribution in [2.75, 3.05) is 10.6 Å². The molecule has 4 rings (SSSR count). The van der Waals surface area contributed by atoms with Crippen molar-refractivity contribution >= 4 is 46.1 Å². The molecular formula is C18H15ClN4O2. The van der Waals surface area contributed by atoms with Crippen molar-refractivity contribution in [3.63, 3.8) is 0 Å². The van der Waals surface area contributed by atoms with Crippen molar-refractivity contribution in [2.45, 2.75) is 19.4 Å². The highest BCUT2D eigenvalue weighted by Gasteiger charge is 2.34. The van der Waals surface area contributed by atoms with Crippen LogP contribution in [0.15, 0.2) is 42.5 Å². The Balaban J connectivity index is 1.60. The molecule has 126 valence electrons. The molecule has 7 heteroatoms. The van der Waals surface area contributed by atoms with Gasteiger partial charge in [-0.2, -0.15) is 0 Å². The first-order valence-corrected chi connectivity index (χ1v) is 8.25. The van der Waals surface area contributed by atoms with Crippen LogP contribution in [0, 0.1) is 6.92 Å². The molecule has 0 saturated heterocycles. The van der Waals surface area contributed by atoms with Gasteiger partial charge in [-0.1, -0.05) is 29.8 Å². The Bertz CT molecular complexity index is 1010. The second kappa shape index (κ2) is 5.89. The van der Waals surface area contributed by atoms with E-state index in [0.717, 1.165) is 16.6 Å². The number of imidazole rings is 1. The first-order chi connectivity index (χ1) is 12.0. The van der Waals surface area contributed by atoms with Gasteiger partial charge in [-0.15, -0.1) is 0 Å². The van der Waals surface area contributed by atoms with E-state index in [1.807, 2.05) is 31.2 Å². The van der Waals surface area contributed by atoms with Gasteiger partial charge in [0, 0.05) is 10.7 Å². The summed E-state index contributed by atoms with van der Waals surface area (Å²) in [5.74, 6) is -0.00898. The second-order valence-electron chi connectivity index (χ2n) is 5.96. The van der Waals surface area contributed by atoms with Gasteiger partial charge < -0.3 is 5.32 Å². The van der Waals surface area contributed by atoms with Crippen LogP contribution in [0.4, 0.5) is 11.6 Å². The number of hydrogen-bond acceptors (Lipinski definition) is 3. The highest BCUT2D eigenvalue weighted by atomic mass is 35.5. The van der Waals surface area contributed by atoms with E-state index < -0.39 is 6.04 Å². The van der Waals surface area contributed by atoms with Crippen molar-refractivity contribution < 1.29 is 9.59 Å². The van der Waals surface area contributed by atoms with E-state index in [0.29, 0.717) is 16.7 Å². The lowest BCUT2D eigenvalue weighted by Gasteiger charge is -2.13. The topological polar surface area (TPSA) is 76.0 Å². The van der Waals surface area contributed by atoms with Crippen molar-refractivity contribution in [1.29, 1.82) is 0 Å². The van der Waals surface area contributed by atoms with Crippen LogP contribution in [0.2, 0.25) is 5.02 Å². The maximum Gasteiger partial charge on any atom is 0.250 e. The molecule has 2 amide bonds. The molecule has 1 atom stereocenters. The monoisotopic (exact) mass is 354 g/mol. The molecule has 0 fully saturated rings. The third kappa shape index (κ3) is 2.64. The third-order valence-corrected chi connectivity index (χ3v) is 4.78. The zero-order valence-electron chi connectivity index (χ0n) is 13.4. The van der Waals surface area contributed by atoms with Crippen LogP contribution in [0.1, 0.15) is 18.0 Å². The Morgan fingerprint density at radius 2 is 2.08 bits per heavy atom. The van der Waals surface area contributed by atoms with Gasteiger partial charge >= 0.3 is 0 Å². The summed E-state index contributed by atoms with van der Waals surface area (Å²) in [6, 6.07) is 12.2. The molecule has 1 aliphatic heterocycles. The molecule has 0 radical (unpaired) electrons. The molecule has 6 nitrogen and oxygen atoms in total. The highest BCUT2D eigenvalue weighted by molar-refractivity contribution is 6.31.